The van der Waals surface area contributed by atoms with Gasteiger partial charge < -0.3 is 9.84 Å². The Kier molecular flexibility index (Phi) is 4.85. The van der Waals surface area contributed by atoms with Crippen LogP contribution < -0.4 is 0 Å². The van der Waals surface area contributed by atoms with Gasteiger partial charge in [0.25, 0.3) is 0 Å². The molecule has 0 spiro atoms. The number of esters is 1. The first-order valence-corrected chi connectivity index (χ1v) is 7.04. The molecule has 0 atom stereocenters. The molecule has 0 aliphatic heterocycles. The van der Waals surface area contributed by atoms with Gasteiger partial charge in [0.15, 0.2) is 0 Å². The number of ether oxygens (including phenoxy) is 1. The van der Waals surface area contributed by atoms with E-state index in [0.717, 1.165) is 11.1 Å². The van der Waals surface area contributed by atoms with E-state index in [9.17, 15) is 9.90 Å². The van der Waals surface area contributed by atoms with Crippen LogP contribution in [-0.2, 0) is 21.4 Å². The molecule has 0 unspecified atom stereocenters. The van der Waals surface area contributed by atoms with Gasteiger partial charge in [-0.15, -0.1) is 0 Å². The summed E-state index contributed by atoms with van der Waals surface area (Å²) in [5, 5.41) is 10.3. The average molecular weight is 278 g/mol. The van der Waals surface area contributed by atoms with Gasteiger partial charge in [0.2, 0.25) is 0 Å². The second-order valence-electron chi connectivity index (χ2n) is 7.15. The van der Waals surface area contributed by atoms with Crippen LogP contribution >= 0.6 is 0 Å². The van der Waals surface area contributed by atoms with Gasteiger partial charge in [-0.25, -0.2) is 0 Å². The van der Waals surface area contributed by atoms with E-state index in [4.69, 9.17) is 4.74 Å². The van der Waals surface area contributed by atoms with Gasteiger partial charge in [-0.05, 0) is 43.7 Å². The molecular formula is C17H26O3. The predicted molar refractivity (Wildman–Crippen MR) is 81.0 cm³/mol. The second-order valence-corrected chi connectivity index (χ2v) is 7.15. The fourth-order valence-corrected chi connectivity index (χ4v) is 2.03. The van der Waals surface area contributed by atoms with Crippen LogP contribution in [0.2, 0.25) is 0 Å². The van der Waals surface area contributed by atoms with Crippen molar-refractivity contribution in [1.29, 1.82) is 0 Å². The van der Waals surface area contributed by atoms with Crippen LogP contribution in [0.1, 0.15) is 59.1 Å². The molecule has 20 heavy (non-hydrogen) atoms. The smallest absolute Gasteiger partial charge is 0.306 e. The first-order valence-electron chi connectivity index (χ1n) is 7.04. The number of aromatic hydroxyl groups is 1. The van der Waals surface area contributed by atoms with Crippen molar-refractivity contribution in [2.75, 3.05) is 0 Å². The molecule has 0 saturated heterocycles. The molecule has 1 N–H and O–H groups in total. The van der Waals surface area contributed by atoms with E-state index < -0.39 is 5.60 Å². The molecule has 0 aromatic heterocycles. The number of carbonyl (C=O) groups is 1. The van der Waals surface area contributed by atoms with Crippen LogP contribution in [-0.4, -0.2) is 16.7 Å². The number of phenols is 1. The summed E-state index contributed by atoms with van der Waals surface area (Å²) in [5.74, 6) is 0.0571. The molecule has 0 aliphatic rings. The quantitative estimate of drug-likeness (QED) is 0.851. The van der Waals surface area contributed by atoms with Gasteiger partial charge in [-0.2, -0.15) is 0 Å². The van der Waals surface area contributed by atoms with Crippen molar-refractivity contribution >= 4 is 5.97 Å². The Bertz CT molecular complexity index is 476. The maximum atomic E-state index is 11.7. The number of carbonyl (C=O) groups excluding carboxylic acids is 1. The first kappa shape index (κ1) is 16.5. The molecule has 0 saturated carbocycles. The third kappa shape index (κ3) is 4.87. The molecule has 0 amide bonds. The second kappa shape index (κ2) is 5.86. The zero-order chi connectivity index (χ0) is 15.6. The van der Waals surface area contributed by atoms with Crippen LogP contribution in [0.4, 0.5) is 0 Å². The maximum absolute atomic E-state index is 11.7. The minimum absolute atomic E-state index is 0.119. The zero-order valence-electron chi connectivity index (χ0n) is 13.4. The molecule has 1 aromatic carbocycles. The van der Waals surface area contributed by atoms with Crippen molar-refractivity contribution in [3.8, 4) is 5.75 Å². The molecule has 0 fully saturated rings. The molecule has 0 bridgehead atoms. The molecule has 1 aromatic rings. The summed E-state index contributed by atoms with van der Waals surface area (Å²) in [5.41, 5.74) is 1.11. The number of para-hydroxylation sites is 1. The van der Waals surface area contributed by atoms with Crippen molar-refractivity contribution in [3.05, 3.63) is 29.3 Å². The SMILES string of the molecule is CC(C)(C)OC(=O)CCc1cccc(C(C)(C)C)c1O. The predicted octanol–water partition coefficient (Wildman–Crippen LogP) is 3.96. The van der Waals surface area contributed by atoms with Crippen molar-refractivity contribution in [2.45, 2.75) is 65.4 Å². The lowest BCUT2D eigenvalue weighted by molar-refractivity contribution is -0.154. The van der Waals surface area contributed by atoms with Gasteiger partial charge in [0.1, 0.15) is 11.4 Å². The fraction of sp³-hybridized carbons (Fsp3) is 0.588. The lowest BCUT2D eigenvalue weighted by Gasteiger charge is -2.22. The molecule has 3 nitrogen and oxygen atoms in total. The van der Waals surface area contributed by atoms with Crippen molar-refractivity contribution in [1.82, 2.24) is 0 Å². The number of hydrogen-bond donors (Lipinski definition) is 1. The molecule has 0 heterocycles. The summed E-state index contributed by atoms with van der Waals surface area (Å²) >= 11 is 0. The van der Waals surface area contributed by atoms with E-state index in [1.807, 2.05) is 39.0 Å². The van der Waals surface area contributed by atoms with Crippen LogP contribution in [0.15, 0.2) is 18.2 Å². The van der Waals surface area contributed by atoms with Crippen molar-refractivity contribution < 1.29 is 14.6 Å². The molecule has 0 radical (unpaired) electrons. The normalized spacial score (nSPS) is 12.3. The highest BCUT2D eigenvalue weighted by atomic mass is 16.6. The monoisotopic (exact) mass is 278 g/mol. The van der Waals surface area contributed by atoms with E-state index in [0.29, 0.717) is 12.2 Å². The fourth-order valence-electron chi connectivity index (χ4n) is 2.03. The number of aryl methyl sites for hydroxylation is 1. The zero-order valence-corrected chi connectivity index (χ0v) is 13.4. The molecule has 3 heteroatoms. The Hall–Kier alpha value is -1.51. The Balaban J connectivity index is 2.78. The highest BCUT2D eigenvalue weighted by Gasteiger charge is 2.21. The maximum Gasteiger partial charge on any atom is 0.306 e. The minimum Gasteiger partial charge on any atom is -0.507 e. The summed E-state index contributed by atoms with van der Waals surface area (Å²) < 4.78 is 5.28. The molecular weight excluding hydrogens is 252 g/mol. The Labute approximate surface area is 122 Å². The molecule has 112 valence electrons. The Morgan fingerprint density at radius 1 is 1.15 bits per heavy atom. The van der Waals surface area contributed by atoms with Gasteiger partial charge in [-0.1, -0.05) is 39.0 Å². The van der Waals surface area contributed by atoms with Crippen LogP contribution in [0, 0.1) is 0 Å². The topological polar surface area (TPSA) is 46.5 Å². The average Bonchev–Trinajstić information content (AvgIpc) is 2.23. The van der Waals surface area contributed by atoms with E-state index in [-0.39, 0.29) is 17.8 Å². The standard InChI is InChI=1S/C17H26O3/c1-16(2,3)13-9-7-8-12(15(13)19)10-11-14(18)20-17(4,5)6/h7-9,19H,10-11H2,1-6H3. The van der Waals surface area contributed by atoms with Gasteiger partial charge in [0.05, 0.1) is 0 Å². The lowest BCUT2D eigenvalue weighted by Crippen LogP contribution is -2.24. The van der Waals surface area contributed by atoms with Gasteiger partial charge >= 0.3 is 5.97 Å². The number of phenolic OH excluding ortho intramolecular Hbond substituents is 1. The minimum atomic E-state index is -0.466. The third-order valence-corrected chi connectivity index (χ3v) is 2.95. The summed E-state index contributed by atoms with van der Waals surface area (Å²) in [4.78, 5) is 11.7. The third-order valence-electron chi connectivity index (χ3n) is 2.95. The summed E-state index contributed by atoms with van der Waals surface area (Å²) in [7, 11) is 0. The largest absolute Gasteiger partial charge is 0.507 e. The number of benzene rings is 1. The molecule has 0 aliphatic carbocycles. The van der Waals surface area contributed by atoms with Crippen molar-refractivity contribution in [3.63, 3.8) is 0 Å². The highest BCUT2D eigenvalue weighted by Crippen LogP contribution is 2.33. The van der Waals surface area contributed by atoms with Crippen molar-refractivity contribution in [2.24, 2.45) is 0 Å². The van der Waals surface area contributed by atoms with E-state index in [2.05, 4.69) is 20.8 Å². The van der Waals surface area contributed by atoms with Crippen LogP contribution in [0.25, 0.3) is 0 Å². The first-order chi connectivity index (χ1) is 9.00. The summed E-state index contributed by atoms with van der Waals surface area (Å²) in [6, 6.07) is 5.70. The van der Waals surface area contributed by atoms with E-state index in [1.165, 1.54) is 0 Å². The van der Waals surface area contributed by atoms with Gasteiger partial charge in [-0.3, -0.25) is 4.79 Å². The summed E-state index contributed by atoms with van der Waals surface area (Å²) in [6.07, 6.45) is 0.767. The van der Waals surface area contributed by atoms with Gasteiger partial charge in [0, 0.05) is 6.42 Å². The number of rotatable bonds is 3. The van der Waals surface area contributed by atoms with E-state index >= 15 is 0 Å². The van der Waals surface area contributed by atoms with Crippen LogP contribution in [0.3, 0.4) is 0 Å². The molecule has 1 rings (SSSR count). The Morgan fingerprint density at radius 2 is 1.75 bits per heavy atom. The number of hydrogen-bond acceptors (Lipinski definition) is 3. The van der Waals surface area contributed by atoms with E-state index in [1.54, 1.807) is 0 Å². The van der Waals surface area contributed by atoms with Crippen LogP contribution in [0.5, 0.6) is 5.75 Å². The summed E-state index contributed by atoms with van der Waals surface area (Å²) in [6.45, 7) is 11.7. The Morgan fingerprint density at radius 3 is 2.25 bits per heavy atom. The highest BCUT2D eigenvalue weighted by molar-refractivity contribution is 5.70. The lowest BCUT2D eigenvalue weighted by atomic mass is 9.85.